The zero-order valence-corrected chi connectivity index (χ0v) is 14.0. The van der Waals surface area contributed by atoms with Crippen molar-refractivity contribution in [2.45, 2.75) is 6.92 Å². The molecule has 0 unspecified atom stereocenters. The summed E-state index contributed by atoms with van der Waals surface area (Å²) in [5.41, 5.74) is 5.67. The molecular formula is C17H18N4O5. The number of hydrogen-bond acceptors (Lipinski definition) is 6. The fourth-order valence-corrected chi connectivity index (χ4v) is 2.11. The molecule has 2 aromatic rings. The molecule has 0 spiro atoms. The molecule has 0 atom stereocenters. The molecule has 4 N–H and O–H groups in total. The summed E-state index contributed by atoms with van der Waals surface area (Å²) in [7, 11) is 0. The zero-order valence-electron chi connectivity index (χ0n) is 14.0. The van der Waals surface area contributed by atoms with Crippen molar-refractivity contribution in [1.82, 2.24) is 5.32 Å². The van der Waals surface area contributed by atoms with Gasteiger partial charge in [0.2, 0.25) is 5.91 Å². The van der Waals surface area contributed by atoms with Crippen LogP contribution in [-0.2, 0) is 4.79 Å². The summed E-state index contributed by atoms with van der Waals surface area (Å²) < 4.78 is 5.30. The van der Waals surface area contributed by atoms with E-state index in [1.807, 2.05) is 6.92 Å². The van der Waals surface area contributed by atoms with Crippen LogP contribution in [0.15, 0.2) is 42.5 Å². The van der Waals surface area contributed by atoms with Crippen molar-refractivity contribution in [1.29, 1.82) is 0 Å². The molecule has 26 heavy (non-hydrogen) atoms. The molecule has 0 saturated carbocycles. The van der Waals surface area contributed by atoms with Crippen LogP contribution in [0.3, 0.4) is 0 Å². The summed E-state index contributed by atoms with van der Waals surface area (Å²) in [6, 6.07) is 10.5. The molecule has 2 rings (SSSR count). The molecule has 0 saturated heterocycles. The molecule has 0 heterocycles. The van der Waals surface area contributed by atoms with Crippen LogP contribution < -0.4 is 21.1 Å². The van der Waals surface area contributed by atoms with E-state index < -0.39 is 16.7 Å². The minimum atomic E-state index is -0.676. The number of anilines is 2. The van der Waals surface area contributed by atoms with Crippen molar-refractivity contribution >= 4 is 28.9 Å². The van der Waals surface area contributed by atoms with Crippen molar-refractivity contribution in [2.24, 2.45) is 0 Å². The number of carbonyl (C=O) groups is 2. The van der Waals surface area contributed by atoms with Gasteiger partial charge < -0.3 is 21.1 Å². The van der Waals surface area contributed by atoms with Gasteiger partial charge in [0.05, 0.1) is 18.1 Å². The SMILES string of the molecule is CCOc1ccc(NC(=O)CNC(=O)c2ccc(N)c([N+](=O)[O-])c2)cc1. The second kappa shape index (κ2) is 8.47. The van der Waals surface area contributed by atoms with Crippen LogP contribution in [0.1, 0.15) is 17.3 Å². The van der Waals surface area contributed by atoms with E-state index in [0.717, 1.165) is 6.07 Å². The Labute approximate surface area is 149 Å². The smallest absolute Gasteiger partial charge is 0.292 e. The van der Waals surface area contributed by atoms with Gasteiger partial charge in [-0.2, -0.15) is 0 Å². The molecule has 0 bridgehead atoms. The van der Waals surface area contributed by atoms with Crippen LogP contribution in [0, 0.1) is 10.1 Å². The molecule has 0 aromatic heterocycles. The first-order valence-electron chi connectivity index (χ1n) is 7.75. The summed E-state index contributed by atoms with van der Waals surface area (Å²) in [6.07, 6.45) is 0. The van der Waals surface area contributed by atoms with Crippen LogP contribution in [0.4, 0.5) is 17.1 Å². The maximum Gasteiger partial charge on any atom is 0.292 e. The molecular weight excluding hydrogens is 340 g/mol. The van der Waals surface area contributed by atoms with Crippen LogP contribution in [-0.4, -0.2) is 29.9 Å². The average molecular weight is 358 g/mol. The third kappa shape index (κ3) is 4.94. The van der Waals surface area contributed by atoms with Gasteiger partial charge in [-0.15, -0.1) is 0 Å². The fourth-order valence-electron chi connectivity index (χ4n) is 2.11. The van der Waals surface area contributed by atoms with E-state index in [9.17, 15) is 19.7 Å². The minimum Gasteiger partial charge on any atom is -0.494 e. The van der Waals surface area contributed by atoms with Gasteiger partial charge in [0, 0.05) is 17.3 Å². The number of carbonyl (C=O) groups excluding carboxylic acids is 2. The lowest BCUT2D eigenvalue weighted by Gasteiger charge is -2.08. The molecule has 2 amide bonds. The maximum absolute atomic E-state index is 12.0. The Kier molecular flexibility index (Phi) is 6.10. The van der Waals surface area contributed by atoms with E-state index in [-0.39, 0.29) is 23.5 Å². The molecule has 0 aliphatic carbocycles. The average Bonchev–Trinajstić information content (AvgIpc) is 2.61. The van der Waals surface area contributed by atoms with E-state index in [1.165, 1.54) is 12.1 Å². The Hall–Kier alpha value is -3.62. The fraction of sp³-hybridized carbons (Fsp3) is 0.176. The number of rotatable bonds is 7. The molecule has 9 nitrogen and oxygen atoms in total. The number of nitrogens with one attached hydrogen (secondary N) is 2. The lowest BCUT2D eigenvalue weighted by atomic mass is 10.1. The predicted octanol–water partition coefficient (Wildman–Crippen LogP) is 1.94. The van der Waals surface area contributed by atoms with Gasteiger partial charge in [-0.3, -0.25) is 19.7 Å². The summed E-state index contributed by atoms with van der Waals surface area (Å²) in [5.74, 6) is -0.369. The highest BCUT2D eigenvalue weighted by molar-refractivity contribution is 6.00. The summed E-state index contributed by atoms with van der Waals surface area (Å²) in [6.45, 7) is 2.12. The highest BCUT2D eigenvalue weighted by Crippen LogP contribution is 2.22. The lowest BCUT2D eigenvalue weighted by Crippen LogP contribution is -2.32. The van der Waals surface area contributed by atoms with E-state index in [0.29, 0.717) is 18.0 Å². The van der Waals surface area contributed by atoms with Crippen LogP contribution >= 0.6 is 0 Å². The largest absolute Gasteiger partial charge is 0.494 e. The maximum atomic E-state index is 12.0. The normalized spacial score (nSPS) is 10.0. The second-order valence-electron chi connectivity index (χ2n) is 5.22. The van der Waals surface area contributed by atoms with Crippen molar-refractivity contribution < 1.29 is 19.2 Å². The Balaban J connectivity index is 1.91. The van der Waals surface area contributed by atoms with Gasteiger partial charge in [-0.25, -0.2) is 0 Å². The zero-order chi connectivity index (χ0) is 19.1. The number of amides is 2. The molecule has 136 valence electrons. The highest BCUT2D eigenvalue weighted by atomic mass is 16.6. The van der Waals surface area contributed by atoms with Gasteiger partial charge in [0.25, 0.3) is 11.6 Å². The molecule has 0 fully saturated rings. The topological polar surface area (TPSA) is 137 Å². The van der Waals surface area contributed by atoms with Crippen LogP contribution in [0.25, 0.3) is 0 Å². The third-order valence-corrected chi connectivity index (χ3v) is 3.35. The Bertz CT molecular complexity index is 820. The van der Waals surface area contributed by atoms with E-state index >= 15 is 0 Å². The first-order valence-corrected chi connectivity index (χ1v) is 7.75. The summed E-state index contributed by atoms with van der Waals surface area (Å²) >= 11 is 0. The molecule has 9 heteroatoms. The number of nitro benzene ring substituents is 1. The van der Waals surface area contributed by atoms with Crippen molar-refractivity contribution in [3.8, 4) is 5.75 Å². The number of benzene rings is 2. The van der Waals surface area contributed by atoms with Gasteiger partial charge in [-0.05, 0) is 43.3 Å². The summed E-state index contributed by atoms with van der Waals surface area (Å²) in [5, 5.41) is 15.9. The van der Waals surface area contributed by atoms with Crippen molar-refractivity contribution in [3.05, 3.63) is 58.1 Å². The second-order valence-corrected chi connectivity index (χ2v) is 5.22. The Morgan fingerprint density at radius 3 is 2.50 bits per heavy atom. The number of hydrogen-bond donors (Lipinski definition) is 3. The Morgan fingerprint density at radius 2 is 1.88 bits per heavy atom. The minimum absolute atomic E-state index is 0.0415. The number of nitro groups is 1. The van der Waals surface area contributed by atoms with Gasteiger partial charge in [0.1, 0.15) is 11.4 Å². The van der Waals surface area contributed by atoms with E-state index in [1.54, 1.807) is 24.3 Å². The van der Waals surface area contributed by atoms with Crippen LogP contribution in [0.2, 0.25) is 0 Å². The molecule has 0 radical (unpaired) electrons. The van der Waals surface area contributed by atoms with Gasteiger partial charge >= 0.3 is 0 Å². The number of nitrogen functional groups attached to an aromatic ring is 1. The highest BCUT2D eigenvalue weighted by Gasteiger charge is 2.16. The van der Waals surface area contributed by atoms with Gasteiger partial charge in [-0.1, -0.05) is 0 Å². The molecule has 2 aromatic carbocycles. The van der Waals surface area contributed by atoms with Crippen molar-refractivity contribution in [3.63, 3.8) is 0 Å². The first-order chi connectivity index (χ1) is 12.4. The lowest BCUT2D eigenvalue weighted by molar-refractivity contribution is -0.383. The monoisotopic (exact) mass is 358 g/mol. The van der Waals surface area contributed by atoms with Crippen LogP contribution in [0.5, 0.6) is 5.75 Å². The first kappa shape index (κ1) is 18.7. The quantitative estimate of drug-likeness (QED) is 0.393. The predicted molar refractivity (Wildman–Crippen MR) is 96.1 cm³/mol. The number of nitrogens with two attached hydrogens (primary N) is 1. The summed E-state index contributed by atoms with van der Waals surface area (Å²) in [4.78, 5) is 34.1. The molecule has 0 aliphatic heterocycles. The van der Waals surface area contributed by atoms with E-state index in [4.69, 9.17) is 10.5 Å². The standard InChI is InChI=1S/C17H18N4O5/c1-2-26-13-6-4-12(5-7-13)20-16(22)10-19-17(23)11-3-8-14(18)15(9-11)21(24)25/h3-9H,2,10,18H2,1H3,(H,19,23)(H,20,22). The van der Waals surface area contributed by atoms with Gasteiger partial charge in [0.15, 0.2) is 0 Å². The number of nitrogens with zero attached hydrogens (tertiary/aromatic N) is 1. The molecule has 0 aliphatic rings. The Morgan fingerprint density at radius 1 is 1.19 bits per heavy atom. The van der Waals surface area contributed by atoms with Crippen molar-refractivity contribution in [2.75, 3.05) is 24.2 Å². The third-order valence-electron chi connectivity index (χ3n) is 3.35. The van der Waals surface area contributed by atoms with E-state index in [2.05, 4.69) is 10.6 Å². The number of ether oxygens (including phenoxy) is 1.